The molecule has 160 valence electrons. The number of aliphatic imine (C=N–C) groups is 1. The first kappa shape index (κ1) is 20.7. The smallest absolute Gasteiger partial charge is 0.191 e. The number of hydrogen-bond acceptors (Lipinski definition) is 3. The highest BCUT2D eigenvalue weighted by molar-refractivity contribution is 5.79. The zero-order chi connectivity index (χ0) is 20.1. The SMILES string of the molecule is CN=C(NCCN(CC1CC1)C1CC1)NC1CCN(Cc2ccccc2)C(C)C1. The van der Waals surface area contributed by atoms with Crippen molar-refractivity contribution in [3.05, 3.63) is 35.9 Å². The van der Waals surface area contributed by atoms with Gasteiger partial charge in [-0.1, -0.05) is 30.3 Å². The van der Waals surface area contributed by atoms with E-state index < -0.39 is 0 Å². The average Bonchev–Trinajstić information content (AvgIpc) is 3.63. The summed E-state index contributed by atoms with van der Waals surface area (Å²) in [4.78, 5) is 9.80. The molecule has 2 saturated carbocycles. The van der Waals surface area contributed by atoms with Crippen molar-refractivity contribution in [2.45, 2.75) is 70.1 Å². The summed E-state index contributed by atoms with van der Waals surface area (Å²) >= 11 is 0. The van der Waals surface area contributed by atoms with Gasteiger partial charge in [0.25, 0.3) is 0 Å². The summed E-state index contributed by atoms with van der Waals surface area (Å²) in [6.07, 6.45) is 8.04. The summed E-state index contributed by atoms with van der Waals surface area (Å²) in [6, 6.07) is 12.8. The number of benzene rings is 1. The van der Waals surface area contributed by atoms with E-state index in [1.165, 1.54) is 50.6 Å². The molecule has 0 radical (unpaired) electrons. The summed E-state index contributed by atoms with van der Waals surface area (Å²) in [5.41, 5.74) is 1.41. The summed E-state index contributed by atoms with van der Waals surface area (Å²) in [5.74, 6) is 1.96. The van der Waals surface area contributed by atoms with Crippen LogP contribution in [0.2, 0.25) is 0 Å². The van der Waals surface area contributed by atoms with Crippen LogP contribution < -0.4 is 10.6 Å². The minimum Gasteiger partial charge on any atom is -0.355 e. The normalized spacial score (nSPS) is 26.0. The Morgan fingerprint density at radius 1 is 1.14 bits per heavy atom. The lowest BCUT2D eigenvalue weighted by molar-refractivity contribution is 0.134. The second-order valence-corrected chi connectivity index (χ2v) is 9.34. The van der Waals surface area contributed by atoms with Crippen LogP contribution in [-0.4, -0.2) is 67.1 Å². The van der Waals surface area contributed by atoms with Crippen molar-refractivity contribution >= 4 is 5.96 Å². The lowest BCUT2D eigenvalue weighted by Gasteiger charge is -2.38. The zero-order valence-electron chi connectivity index (χ0n) is 18.3. The molecule has 2 unspecified atom stereocenters. The van der Waals surface area contributed by atoms with Crippen LogP contribution >= 0.6 is 0 Å². The highest BCUT2D eigenvalue weighted by Gasteiger charge is 2.33. The summed E-state index contributed by atoms with van der Waals surface area (Å²) in [5, 5.41) is 7.26. The first-order valence-corrected chi connectivity index (χ1v) is 11.7. The Hall–Kier alpha value is -1.59. The molecular weight excluding hydrogens is 358 g/mol. The summed E-state index contributed by atoms with van der Waals surface area (Å²) in [7, 11) is 1.89. The van der Waals surface area contributed by atoms with Crippen molar-refractivity contribution in [3.63, 3.8) is 0 Å². The number of hydrogen-bond donors (Lipinski definition) is 2. The number of nitrogens with one attached hydrogen (secondary N) is 2. The van der Waals surface area contributed by atoms with Gasteiger partial charge in [-0.3, -0.25) is 14.8 Å². The molecule has 5 heteroatoms. The molecule has 5 nitrogen and oxygen atoms in total. The average molecular weight is 398 g/mol. The predicted molar refractivity (Wildman–Crippen MR) is 121 cm³/mol. The van der Waals surface area contributed by atoms with Gasteiger partial charge < -0.3 is 10.6 Å². The maximum atomic E-state index is 4.49. The number of piperidine rings is 1. The Morgan fingerprint density at radius 2 is 1.93 bits per heavy atom. The quantitative estimate of drug-likeness (QED) is 0.496. The number of rotatable bonds is 9. The van der Waals surface area contributed by atoms with Crippen LogP contribution in [0.5, 0.6) is 0 Å². The Kier molecular flexibility index (Phi) is 7.09. The van der Waals surface area contributed by atoms with Gasteiger partial charge in [0.05, 0.1) is 0 Å². The molecule has 2 atom stereocenters. The maximum absolute atomic E-state index is 4.49. The van der Waals surface area contributed by atoms with E-state index in [1.807, 2.05) is 7.05 Å². The zero-order valence-corrected chi connectivity index (χ0v) is 18.3. The van der Waals surface area contributed by atoms with E-state index in [0.29, 0.717) is 12.1 Å². The fourth-order valence-corrected chi connectivity index (χ4v) is 4.61. The fraction of sp³-hybridized carbons (Fsp3) is 0.708. The van der Waals surface area contributed by atoms with Gasteiger partial charge in [-0.15, -0.1) is 0 Å². The van der Waals surface area contributed by atoms with Crippen LogP contribution in [-0.2, 0) is 6.54 Å². The van der Waals surface area contributed by atoms with Crippen LogP contribution in [0.25, 0.3) is 0 Å². The number of likely N-dealkylation sites (tertiary alicyclic amines) is 1. The highest BCUT2D eigenvalue weighted by atomic mass is 15.2. The predicted octanol–water partition coefficient (Wildman–Crippen LogP) is 3.08. The third kappa shape index (κ3) is 6.45. The maximum Gasteiger partial charge on any atom is 0.191 e. The van der Waals surface area contributed by atoms with Gasteiger partial charge in [0.15, 0.2) is 5.96 Å². The molecule has 2 N–H and O–H groups in total. The minimum atomic E-state index is 0.509. The van der Waals surface area contributed by atoms with Crippen molar-refractivity contribution in [1.82, 2.24) is 20.4 Å². The molecule has 1 aliphatic heterocycles. The van der Waals surface area contributed by atoms with Gasteiger partial charge in [-0.25, -0.2) is 0 Å². The van der Waals surface area contributed by atoms with Crippen molar-refractivity contribution in [2.24, 2.45) is 10.9 Å². The number of guanidine groups is 1. The van der Waals surface area contributed by atoms with Crippen LogP contribution in [0.3, 0.4) is 0 Å². The van der Waals surface area contributed by atoms with E-state index in [0.717, 1.165) is 44.1 Å². The Morgan fingerprint density at radius 3 is 2.59 bits per heavy atom. The van der Waals surface area contributed by atoms with Gasteiger partial charge in [-0.05, 0) is 56.9 Å². The summed E-state index contributed by atoms with van der Waals surface area (Å²) in [6.45, 7) is 8.01. The van der Waals surface area contributed by atoms with Gasteiger partial charge in [0.2, 0.25) is 0 Å². The second-order valence-electron chi connectivity index (χ2n) is 9.34. The minimum absolute atomic E-state index is 0.509. The molecule has 3 fully saturated rings. The molecule has 1 saturated heterocycles. The molecule has 1 heterocycles. The Labute approximate surface area is 176 Å². The van der Waals surface area contributed by atoms with Crippen LogP contribution in [0.15, 0.2) is 35.3 Å². The molecule has 0 aromatic heterocycles. The largest absolute Gasteiger partial charge is 0.355 e. The first-order chi connectivity index (χ1) is 14.2. The lowest BCUT2D eigenvalue weighted by atomic mass is 9.97. The molecule has 0 amide bonds. The lowest BCUT2D eigenvalue weighted by Crippen LogP contribution is -2.52. The van der Waals surface area contributed by atoms with Crippen molar-refractivity contribution in [1.29, 1.82) is 0 Å². The van der Waals surface area contributed by atoms with E-state index >= 15 is 0 Å². The highest BCUT2D eigenvalue weighted by Crippen LogP contribution is 2.34. The molecule has 2 aliphatic carbocycles. The van der Waals surface area contributed by atoms with Crippen molar-refractivity contribution < 1.29 is 0 Å². The van der Waals surface area contributed by atoms with Crippen LogP contribution in [0, 0.1) is 5.92 Å². The fourth-order valence-electron chi connectivity index (χ4n) is 4.61. The second kappa shape index (κ2) is 9.94. The van der Waals surface area contributed by atoms with Gasteiger partial charge in [0, 0.05) is 57.9 Å². The van der Waals surface area contributed by atoms with Gasteiger partial charge in [-0.2, -0.15) is 0 Å². The standard InChI is InChI=1S/C24H39N5/c1-19-16-22(12-14-28(19)17-20-6-4-3-5-7-20)27-24(25-2)26-13-15-29(23-10-11-23)18-21-8-9-21/h3-7,19,21-23H,8-18H2,1-2H3,(H2,25,26,27). The van der Waals surface area contributed by atoms with Crippen molar-refractivity contribution in [2.75, 3.05) is 33.2 Å². The van der Waals surface area contributed by atoms with Crippen molar-refractivity contribution in [3.8, 4) is 0 Å². The molecule has 4 rings (SSSR count). The monoisotopic (exact) mass is 397 g/mol. The summed E-state index contributed by atoms with van der Waals surface area (Å²) < 4.78 is 0. The van der Waals surface area contributed by atoms with E-state index in [2.05, 4.69) is 62.7 Å². The van der Waals surface area contributed by atoms with E-state index in [9.17, 15) is 0 Å². The van der Waals surface area contributed by atoms with E-state index in [1.54, 1.807) is 0 Å². The van der Waals surface area contributed by atoms with E-state index in [-0.39, 0.29) is 0 Å². The topological polar surface area (TPSA) is 42.9 Å². The van der Waals surface area contributed by atoms with Crippen LogP contribution in [0.1, 0.15) is 51.0 Å². The molecule has 1 aromatic rings. The molecular formula is C24H39N5. The van der Waals surface area contributed by atoms with Crippen LogP contribution in [0.4, 0.5) is 0 Å². The third-order valence-electron chi connectivity index (χ3n) is 6.75. The third-order valence-corrected chi connectivity index (χ3v) is 6.75. The molecule has 3 aliphatic rings. The molecule has 29 heavy (non-hydrogen) atoms. The molecule has 0 spiro atoms. The Bertz CT molecular complexity index is 652. The van der Waals surface area contributed by atoms with E-state index in [4.69, 9.17) is 0 Å². The molecule has 0 bridgehead atoms. The Balaban J connectivity index is 1.18. The van der Waals surface area contributed by atoms with Gasteiger partial charge in [0.1, 0.15) is 0 Å². The number of nitrogens with zero attached hydrogens (tertiary/aromatic N) is 3. The van der Waals surface area contributed by atoms with Gasteiger partial charge >= 0.3 is 0 Å². The molecule has 1 aromatic carbocycles. The first-order valence-electron chi connectivity index (χ1n) is 11.7.